The zero-order valence-electron chi connectivity index (χ0n) is 20.3. The Morgan fingerprint density at radius 2 is 1.86 bits per heavy atom. The first-order valence-corrected chi connectivity index (χ1v) is 13.3. The Balaban J connectivity index is 1.52. The van der Waals surface area contributed by atoms with Gasteiger partial charge in [-0.3, -0.25) is 9.36 Å². The highest BCUT2D eigenvalue weighted by Crippen LogP contribution is 2.33. The van der Waals surface area contributed by atoms with Crippen LogP contribution in [0.1, 0.15) is 29.0 Å². The predicted octanol–water partition coefficient (Wildman–Crippen LogP) is 4.71. The topological polar surface area (TPSA) is 69.9 Å². The number of thiophene rings is 1. The van der Waals surface area contributed by atoms with Gasteiger partial charge in [0.05, 0.1) is 22.9 Å². The molecule has 1 aliphatic rings. The van der Waals surface area contributed by atoms with Crippen LogP contribution >= 0.6 is 22.7 Å². The molecule has 5 rings (SSSR count). The van der Waals surface area contributed by atoms with Gasteiger partial charge in [-0.05, 0) is 36.1 Å². The number of thiazole rings is 1. The van der Waals surface area contributed by atoms with E-state index in [9.17, 15) is 9.59 Å². The van der Waals surface area contributed by atoms with Gasteiger partial charge >= 0.3 is 5.97 Å². The van der Waals surface area contributed by atoms with E-state index in [0.717, 1.165) is 21.8 Å². The van der Waals surface area contributed by atoms with Crippen LogP contribution in [0.25, 0.3) is 12.2 Å². The summed E-state index contributed by atoms with van der Waals surface area (Å²) in [5.41, 5.74) is 2.52. The summed E-state index contributed by atoms with van der Waals surface area (Å²) in [6.07, 6.45) is 5.49. The van der Waals surface area contributed by atoms with Crippen LogP contribution in [-0.4, -0.2) is 17.6 Å². The number of carbonyl (C=O) groups is 1. The van der Waals surface area contributed by atoms with E-state index in [1.807, 2.05) is 84.3 Å². The third kappa shape index (κ3) is 5.12. The molecule has 0 saturated heterocycles. The number of hydrogen-bond donors (Lipinski definition) is 0. The van der Waals surface area contributed by atoms with Crippen LogP contribution < -0.4 is 19.6 Å². The molecule has 0 bridgehead atoms. The molecule has 0 aliphatic carbocycles. The molecule has 0 N–H and O–H groups in total. The van der Waals surface area contributed by atoms with E-state index in [-0.39, 0.29) is 12.2 Å². The number of methoxy groups -OCH3 is 1. The van der Waals surface area contributed by atoms with Crippen molar-refractivity contribution in [2.24, 2.45) is 4.99 Å². The number of ether oxygens (including phenoxy) is 2. The second-order valence-corrected chi connectivity index (χ2v) is 10.3. The molecule has 0 saturated carbocycles. The molecular weight excluding hydrogens is 504 g/mol. The summed E-state index contributed by atoms with van der Waals surface area (Å²) >= 11 is 2.79. The van der Waals surface area contributed by atoms with Crippen LogP contribution in [0, 0.1) is 0 Å². The Labute approximate surface area is 221 Å². The molecule has 186 valence electrons. The van der Waals surface area contributed by atoms with Gasteiger partial charge in [0.25, 0.3) is 5.56 Å². The Morgan fingerprint density at radius 3 is 2.62 bits per heavy atom. The lowest BCUT2D eigenvalue weighted by Crippen LogP contribution is -2.39. The zero-order valence-corrected chi connectivity index (χ0v) is 21.9. The summed E-state index contributed by atoms with van der Waals surface area (Å²) in [6.45, 7) is 1.93. The van der Waals surface area contributed by atoms with Crippen molar-refractivity contribution in [1.29, 1.82) is 0 Å². The van der Waals surface area contributed by atoms with Gasteiger partial charge in [0.1, 0.15) is 18.4 Å². The Hall–Kier alpha value is -4.01. The Kier molecular flexibility index (Phi) is 7.30. The second-order valence-electron chi connectivity index (χ2n) is 8.28. The summed E-state index contributed by atoms with van der Waals surface area (Å²) in [4.78, 5) is 33.0. The maximum Gasteiger partial charge on any atom is 0.338 e. The molecule has 2 aromatic heterocycles. The van der Waals surface area contributed by atoms with Crippen molar-refractivity contribution in [2.45, 2.75) is 19.6 Å². The molecule has 4 aromatic rings. The molecule has 0 unspecified atom stereocenters. The molecule has 1 aliphatic heterocycles. The highest BCUT2D eigenvalue weighted by molar-refractivity contribution is 7.10. The smallest absolute Gasteiger partial charge is 0.338 e. The largest absolute Gasteiger partial charge is 0.496 e. The minimum absolute atomic E-state index is 0.145. The van der Waals surface area contributed by atoms with Gasteiger partial charge in [-0.2, -0.15) is 0 Å². The maximum atomic E-state index is 13.6. The van der Waals surface area contributed by atoms with Gasteiger partial charge in [0.15, 0.2) is 4.80 Å². The fourth-order valence-corrected chi connectivity index (χ4v) is 5.98. The molecule has 0 spiro atoms. The first-order valence-electron chi connectivity index (χ1n) is 11.6. The molecule has 37 heavy (non-hydrogen) atoms. The molecular formula is C29H24N2O4S2. The summed E-state index contributed by atoms with van der Waals surface area (Å²) < 4.78 is 13.2. The number of carbonyl (C=O) groups excluding carboxylic acids is 1. The fourth-order valence-electron chi connectivity index (χ4n) is 4.16. The van der Waals surface area contributed by atoms with Crippen LogP contribution in [0.4, 0.5) is 0 Å². The van der Waals surface area contributed by atoms with E-state index < -0.39 is 12.0 Å². The van der Waals surface area contributed by atoms with Crippen LogP contribution in [0.2, 0.25) is 0 Å². The molecule has 3 heterocycles. The number of aromatic nitrogens is 1. The van der Waals surface area contributed by atoms with Crippen molar-refractivity contribution in [2.75, 3.05) is 7.11 Å². The summed E-state index contributed by atoms with van der Waals surface area (Å²) in [5.74, 6) is 0.273. The highest BCUT2D eigenvalue weighted by atomic mass is 32.1. The minimum Gasteiger partial charge on any atom is -0.496 e. The third-order valence-corrected chi connectivity index (χ3v) is 7.86. The lowest BCUT2D eigenvalue weighted by molar-refractivity contribution is -0.140. The number of hydrogen-bond acceptors (Lipinski definition) is 7. The number of para-hydroxylation sites is 1. The van der Waals surface area contributed by atoms with Crippen molar-refractivity contribution in [1.82, 2.24) is 4.57 Å². The van der Waals surface area contributed by atoms with Gasteiger partial charge in [0, 0.05) is 10.4 Å². The van der Waals surface area contributed by atoms with Gasteiger partial charge in [-0.1, -0.05) is 78.1 Å². The molecule has 8 heteroatoms. The van der Waals surface area contributed by atoms with Gasteiger partial charge in [-0.25, -0.2) is 9.79 Å². The van der Waals surface area contributed by atoms with Crippen molar-refractivity contribution >= 4 is 40.8 Å². The molecule has 1 atom stereocenters. The number of esters is 1. The number of allylic oxidation sites excluding steroid dienone is 2. The van der Waals surface area contributed by atoms with Gasteiger partial charge in [0.2, 0.25) is 0 Å². The first-order chi connectivity index (χ1) is 18.1. The normalized spacial score (nSPS) is 15.5. The number of fused-ring (bicyclic) bond motifs is 1. The number of rotatable bonds is 7. The lowest BCUT2D eigenvalue weighted by Gasteiger charge is -2.23. The van der Waals surface area contributed by atoms with Crippen molar-refractivity contribution in [3.63, 3.8) is 0 Å². The molecule has 0 radical (unpaired) electrons. The summed E-state index contributed by atoms with van der Waals surface area (Å²) in [5, 5.41) is 1.93. The Bertz CT molecular complexity index is 1660. The van der Waals surface area contributed by atoms with Crippen molar-refractivity contribution in [3.05, 3.63) is 125 Å². The highest BCUT2D eigenvalue weighted by Gasteiger charge is 2.34. The Morgan fingerprint density at radius 1 is 1.08 bits per heavy atom. The number of nitrogens with zero attached hydrogens (tertiary/aromatic N) is 2. The summed E-state index contributed by atoms with van der Waals surface area (Å²) in [7, 11) is 1.63. The van der Waals surface area contributed by atoms with E-state index in [2.05, 4.69) is 4.99 Å². The average molecular weight is 529 g/mol. The maximum absolute atomic E-state index is 13.6. The van der Waals surface area contributed by atoms with Crippen LogP contribution in [0.3, 0.4) is 0 Å². The lowest BCUT2D eigenvalue weighted by atomic mass is 10.0. The average Bonchev–Trinajstić information content (AvgIpc) is 3.56. The third-order valence-electron chi connectivity index (χ3n) is 5.93. The fraction of sp³-hybridized carbons (Fsp3) is 0.138. The predicted molar refractivity (Wildman–Crippen MR) is 147 cm³/mol. The second kappa shape index (κ2) is 10.9. The van der Waals surface area contributed by atoms with E-state index in [1.54, 1.807) is 24.7 Å². The molecule has 2 aromatic carbocycles. The molecule has 0 amide bonds. The number of benzene rings is 2. The van der Waals surface area contributed by atoms with Crippen LogP contribution in [0.5, 0.6) is 5.75 Å². The van der Waals surface area contributed by atoms with Crippen LogP contribution in [0.15, 0.2) is 99.2 Å². The van der Waals surface area contributed by atoms with E-state index in [4.69, 9.17) is 9.47 Å². The van der Waals surface area contributed by atoms with Gasteiger partial charge < -0.3 is 9.47 Å². The van der Waals surface area contributed by atoms with Crippen molar-refractivity contribution < 1.29 is 14.3 Å². The van der Waals surface area contributed by atoms with E-state index in [0.29, 0.717) is 20.6 Å². The quantitative estimate of drug-likeness (QED) is 0.326. The van der Waals surface area contributed by atoms with E-state index in [1.165, 1.54) is 22.7 Å². The molecule has 0 fully saturated rings. The monoisotopic (exact) mass is 528 g/mol. The standard InChI is InChI=1S/C29H24N2O4S2/c1-19-25(28(33)35-18-20-10-4-3-5-11-20)26(23-16-9-17-36-23)31-27(32)24(37-29(31)30-19)15-8-13-21-12-6-7-14-22(21)34-2/h3-17,26H,18H2,1-2H3/b13-8-,24-15-/t26-/m0/s1. The van der Waals surface area contributed by atoms with Crippen LogP contribution in [-0.2, 0) is 16.1 Å². The van der Waals surface area contributed by atoms with Gasteiger partial charge in [-0.15, -0.1) is 11.3 Å². The van der Waals surface area contributed by atoms with E-state index >= 15 is 0 Å². The molecule has 6 nitrogen and oxygen atoms in total. The minimum atomic E-state index is -0.597. The first kappa shape index (κ1) is 24.7. The summed E-state index contributed by atoms with van der Waals surface area (Å²) in [6, 6.07) is 20.4. The van der Waals surface area contributed by atoms with Crippen molar-refractivity contribution in [3.8, 4) is 5.75 Å². The zero-order chi connectivity index (χ0) is 25.8. The SMILES string of the molecule is COc1ccccc1/C=C\C=c1/sc2n(c1=O)[C@@H](c1cccs1)C(C(=O)OCc1ccccc1)=C(C)N=2.